The molecule has 0 amide bonds. The van der Waals surface area contributed by atoms with Gasteiger partial charge in [0.05, 0.1) is 13.7 Å². The molecule has 0 aliphatic heterocycles. The van der Waals surface area contributed by atoms with Gasteiger partial charge in [0.25, 0.3) is 0 Å². The zero-order valence-electron chi connectivity index (χ0n) is 8.06. The first-order valence-corrected chi connectivity index (χ1v) is 4.16. The largest absolute Gasteiger partial charge is 0.494 e. The maximum absolute atomic E-state index is 13.4. The second-order valence-electron chi connectivity index (χ2n) is 2.71. The van der Waals surface area contributed by atoms with E-state index >= 15 is 0 Å². The van der Waals surface area contributed by atoms with Crippen molar-refractivity contribution in [1.29, 1.82) is 0 Å². The third kappa shape index (κ3) is 2.11. The van der Waals surface area contributed by atoms with E-state index in [1.54, 1.807) is 12.1 Å². The molecule has 1 aromatic rings. The fourth-order valence-electron chi connectivity index (χ4n) is 1.11. The second kappa shape index (κ2) is 4.12. The molecular formula is C10H13FO2. The summed E-state index contributed by atoms with van der Waals surface area (Å²) >= 11 is 0. The minimum Gasteiger partial charge on any atom is -0.494 e. The van der Waals surface area contributed by atoms with Crippen molar-refractivity contribution in [1.82, 2.24) is 0 Å². The molecule has 0 saturated carbocycles. The van der Waals surface area contributed by atoms with E-state index in [1.807, 2.05) is 13.8 Å². The molecule has 0 bridgehead atoms. The Morgan fingerprint density at radius 1 is 1.31 bits per heavy atom. The van der Waals surface area contributed by atoms with E-state index in [-0.39, 0.29) is 11.5 Å². The molecule has 0 atom stereocenters. The number of hydrogen-bond donors (Lipinski definition) is 0. The molecule has 0 N–H and O–H groups in total. The fourth-order valence-corrected chi connectivity index (χ4v) is 1.11. The Kier molecular flexibility index (Phi) is 3.12. The zero-order chi connectivity index (χ0) is 9.84. The van der Waals surface area contributed by atoms with E-state index in [0.29, 0.717) is 6.61 Å². The Hall–Kier alpha value is -1.25. The predicted octanol–water partition coefficient (Wildman–Crippen LogP) is 2.54. The molecule has 0 heterocycles. The molecule has 0 saturated heterocycles. The summed E-state index contributed by atoms with van der Waals surface area (Å²) in [4.78, 5) is 0. The molecule has 0 unspecified atom stereocenters. The van der Waals surface area contributed by atoms with Crippen LogP contribution in [0.5, 0.6) is 11.5 Å². The molecule has 3 heteroatoms. The summed E-state index contributed by atoms with van der Waals surface area (Å²) in [6, 6.07) is 3.29. The maximum Gasteiger partial charge on any atom is 0.206 e. The quantitative estimate of drug-likeness (QED) is 0.718. The lowest BCUT2D eigenvalue weighted by atomic mass is 10.2. The number of halogens is 1. The van der Waals surface area contributed by atoms with Crippen molar-refractivity contribution < 1.29 is 13.9 Å². The van der Waals surface area contributed by atoms with Gasteiger partial charge in [-0.3, -0.25) is 0 Å². The molecule has 0 fully saturated rings. The molecule has 2 nitrogen and oxygen atoms in total. The standard InChI is InChI=1S/C10H13FO2/c1-4-13-9-6-7(2)5-8(12-3)10(9)11/h5-6H,4H2,1-3H3. The third-order valence-electron chi connectivity index (χ3n) is 1.67. The van der Waals surface area contributed by atoms with Crippen molar-refractivity contribution >= 4 is 0 Å². The van der Waals surface area contributed by atoms with E-state index in [9.17, 15) is 4.39 Å². The van der Waals surface area contributed by atoms with Gasteiger partial charge in [0.1, 0.15) is 0 Å². The molecule has 0 spiro atoms. The van der Waals surface area contributed by atoms with Crippen molar-refractivity contribution in [3.05, 3.63) is 23.5 Å². The number of hydrogen-bond acceptors (Lipinski definition) is 2. The van der Waals surface area contributed by atoms with Crippen molar-refractivity contribution in [2.24, 2.45) is 0 Å². The van der Waals surface area contributed by atoms with Gasteiger partial charge in [-0.15, -0.1) is 0 Å². The van der Waals surface area contributed by atoms with Gasteiger partial charge in [0.2, 0.25) is 5.82 Å². The third-order valence-corrected chi connectivity index (χ3v) is 1.67. The summed E-state index contributed by atoms with van der Waals surface area (Å²) < 4.78 is 23.4. The van der Waals surface area contributed by atoms with Gasteiger partial charge in [0.15, 0.2) is 11.5 Å². The number of methoxy groups -OCH3 is 1. The summed E-state index contributed by atoms with van der Waals surface area (Å²) in [7, 11) is 1.44. The SMILES string of the molecule is CCOc1cc(C)cc(OC)c1F. The van der Waals surface area contributed by atoms with Gasteiger partial charge in [-0.25, -0.2) is 0 Å². The number of aryl methyl sites for hydroxylation is 1. The Balaban J connectivity index is 3.11. The molecule has 1 rings (SSSR count). The van der Waals surface area contributed by atoms with Crippen LogP contribution in [0.15, 0.2) is 12.1 Å². The first-order chi connectivity index (χ1) is 6.19. The highest BCUT2D eigenvalue weighted by Crippen LogP contribution is 2.28. The summed E-state index contributed by atoms with van der Waals surface area (Å²) in [6.45, 7) is 4.13. The number of benzene rings is 1. The summed E-state index contributed by atoms with van der Waals surface area (Å²) in [5.41, 5.74) is 0.918. The van der Waals surface area contributed by atoms with Crippen LogP contribution >= 0.6 is 0 Å². The van der Waals surface area contributed by atoms with Gasteiger partial charge in [-0.2, -0.15) is 4.39 Å². The lowest BCUT2D eigenvalue weighted by molar-refractivity contribution is 0.308. The van der Waals surface area contributed by atoms with Crippen LogP contribution in [-0.4, -0.2) is 13.7 Å². The Labute approximate surface area is 77.3 Å². The molecule has 0 aromatic heterocycles. The average Bonchev–Trinajstić information content (AvgIpc) is 2.11. The molecule has 13 heavy (non-hydrogen) atoms. The average molecular weight is 184 g/mol. The minimum atomic E-state index is -0.435. The van der Waals surface area contributed by atoms with Crippen LogP contribution in [0.4, 0.5) is 4.39 Å². The van der Waals surface area contributed by atoms with E-state index in [1.165, 1.54) is 7.11 Å². The smallest absolute Gasteiger partial charge is 0.206 e. The number of ether oxygens (including phenoxy) is 2. The van der Waals surface area contributed by atoms with Crippen LogP contribution in [-0.2, 0) is 0 Å². The molecule has 0 aliphatic carbocycles. The van der Waals surface area contributed by atoms with Gasteiger partial charge in [0, 0.05) is 0 Å². The molecule has 1 aromatic carbocycles. The van der Waals surface area contributed by atoms with Crippen molar-refractivity contribution in [3.8, 4) is 11.5 Å². The van der Waals surface area contributed by atoms with Crippen LogP contribution in [0.25, 0.3) is 0 Å². The Bertz CT molecular complexity index is 297. The first-order valence-electron chi connectivity index (χ1n) is 4.16. The molecular weight excluding hydrogens is 171 g/mol. The monoisotopic (exact) mass is 184 g/mol. The van der Waals surface area contributed by atoms with E-state index < -0.39 is 5.82 Å². The van der Waals surface area contributed by atoms with Crippen molar-refractivity contribution in [2.75, 3.05) is 13.7 Å². The van der Waals surface area contributed by atoms with Crippen LogP contribution in [0.2, 0.25) is 0 Å². The van der Waals surface area contributed by atoms with Gasteiger partial charge < -0.3 is 9.47 Å². The van der Waals surface area contributed by atoms with E-state index in [0.717, 1.165) is 5.56 Å². The van der Waals surface area contributed by atoms with Crippen LogP contribution in [0.1, 0.15) is 12.5 Å². The lowest BCUT2D eigenvalue weighted by Gasteiger charge is -2.09. The summed E-state index contributed by atoms with van der Waals surface area (Å²) in [6.07, 6.45) is 0. The normalized spacial score (nSPS) is 9.85. The molecule has 0 radical (unpaired) electrons. The van der Waals surface area contributed by atoms with Gasteiger partial charge >= 0.3 is 0 Å². The number of rotatable bonds is 3. The Morgan fingerprint density at radius 3 is 2.46 bits per heavy atom. The van der Waals surface area contributed by atoms with Crippen LogP contribution in [0, 0.1) is 12.7 Å². The summed E-state index contributed by atoms with van der Waals surface area (Å²) in [5.74, 6) is 0.0396. The van der Waals surface area contributed by atoms with Gasteiger partial charge in [-0.1, -0.05) is 0 Å². The molecule has 0 aliphatic rings. The highest BCUT2D eigenvalue weighted by Gasteiger charge is 2.10. The fraction of sp³-hybridized carbons (Fsp3) is 0.400. The highest BCUT2D eigenvalue weighted by molar-refractivity contribution is 5.39. The summed E-state index contributed by atoms with van der Waals surface area (Å²) in [5, 5.41) is 0. The lowest BCUT2D eigenvalue weighted by Crippen LogP contribution is -1.97. The van der Waals surface area contributed by atoms with E-state index in [4.69, 9.17) is 9.47 Å². The maximum atomic E-state index is 13.4. The van der Waals surface area contributed by atoms with Crippen LogP contribution < -0.4 is 9.47 Å². The zero-order valence-corrected chi connectivity index (χ0v) is 8.06. The van der Waals surface area contributed by atoms with Gasteiger partial charge in [-0.05, 0) is 31.5 Å². The predicted molar refractivity (Wildman–Crippen MR) is 48.9 cm³/mol. The van der Waals surface area contributed by atoms with Crippen molar-refractivity contribution in [2.45, 2.75) is 13.8 Å². The van der Waals surface area contributed by atoms with Crippen molar-refractivity contribution in [3.63, 3.8) is 0 Å². The topological polar surface area (TPSA) is 18.5 Å². The van der Waals surface area contributed by atoms with E-state index in [2.05, 4.69) is 0 Å². The van der Waals surface area contributed by atoms with Crippen LogP contribution in [0.3, 0.4) is 0 Å². The first kappa shape index (κ1) is 9.84. The second-order valence-corrected chi connectivity index (χ2v) is 2.71. The molecule has 72 valence electrons. The minimum absolute atomic E-state index is 0.225. The highest BCUT2D eigenvalue weighted by atomic mass is 19.1. The Morgan fingerprint density at radius 2 is 1.92 bits per heavy atom.